The van der Waals surface area contributed by atoms with Crippen LogP contribution in [0.3, 0.4) is 0 Å². The second-order valence-electron chi connectivity index (χ2n) is 4.97. The van der Waals surface area contributed by atoms with E-state index >= 15 is 0 Å². The monoisotopic (exact) mass is 314 g/mol. The minimum Gasteiger partial charge on any atom is -0.286 e. The maximum Gasteiger partial charge on any atom is 0.262 e. The lowest BCUT2D eigenvalue weighted by atomic mass is 10.2. The Morgan fingerprint density at radius 1 is 1.18 bits per heavy atom. The standard InChI is InChI=1S/C17H15FN2OS/c1-12-6-2-5-9-15(12)19-17-20(10-11-22-17)16(21)13-7-3-4-8-14(13)18/h2-9H,10-11H2,1H3. The molecule has 5 heteroatoms. The molecule has 2 aromatic rings. The topological polar surface area (TPSA) is 32.7 Å². The van der Waals surface area contributed by atoms with Gasteiger partial charge in [-0.3, -0.25) is 9.69 Å². The second-order valence-corrected chi connectivity index (χ2v) is 6.03. The Hall–Kier alpha value is -2.14. The number of thioether (sulfide) groups is 1. The van der Waals surface area contributed by atoms with Gasteiger partial charge < -0.3 is 0 Å². The molecule has 0 saturated carbocycles. The minimum absolute atomic E-state index is 0.0856. The lowest BCUT2D eigenvalue weighted by Crippen LogP contribution is -2.32. The molecule has 1 saturated heterocycles. The molecule has 1 heterocycles. The molecule has 3 rings (SSSR count). The average molecular weight is 314 g/mol. The number of aliphatic imine (C=N–C) groups is 1. The molecule has 0 N–H and O–H groups in total. The molecule has 1 aliphatic heterocycles. The van der Waals surface area contributed by atoms with Crippen LogP contribution < -0.4 is 0 Å². The number of nitrogens with zero attached hydrogens (tertiary/aromatic N) is 2. The maximum atomic E-state index is 13.8. The molecule has 112 valence electrons. The Labute approximate surface area is 132 Å². The lowest BCUT2D eigenvalue weighted by Gasteiger charge is -2.16. The second kappa shape index (κ2) is 6.32. The van der Waals surface area contributed by atoms with E-state index in [2.05, 4.69) is 4.99 Å². The fraction of sp³-hybridized carbons (Fsp3) is 0.176. The minimum atomic E-state index is -0.500. The Bertz CT molecular complexity index is 745. The van der Waals surface area contributed by atoms with Crippen molar-refractivity contribution < 1.29 is 9.18 Å². The number of amides is 1. The zero-order valence-electron chi connectivity index (χ0n) is 12.1. The molecule has 0 aromatic heterocycles. The van der Waals surface area contributed by atoms with E-state index in [1.54, 1.807) is 17.0 Å². The maximum absolute atomic E-state index is 13.8. The van der Waals surface area contributed by atoms with E-state index < -0.39 is 5.82 Å². The summed E-state index contributed by atoms with van der Waals surface area (Å²) in [4.78, 5) is 18.7. The summed E-state index contributed by atoms with van der Waals surface area (Å²) < 4.78 is 13.8. The quantitative estimate of drug-likeness (QED) is 0.839. The first-order valence-electron chi connectivity index (χ1n) is 7.00. The van der Waals surface area contributed by atoms with Gasteiger partial charge in [-0.25, -0.2) is 9.38 Å². The molecule has 0 bridgehead atoms. The van der Waals surface area contributed by atoms with Crippen molar-refractivity contribution >= 4 is 28.5 Å². The summed E-state index contributed by atoms with van der Waals surface area (Å²) in [5, 5.41) is 0.627. The molecule has 0 radical (unpaired) electrons. The van der Waals surface area contributed by atoms with E-state index in [-0.39, 0.29) is 11.5 Å². The molecule has 0 unspecified atom stereocenters. The average Bonchev–Trinajstić information content (AvgIpc) is 2.98. The van der Waals surface area contributed by atoms with Gasteiger partial charge in [0.2, 0.25) is 0 Å². The first-order chi connectivity index (χ1) is 10.7. The third-order valence-electron chi connectivity index (χ3n) is 3.46. The molecule has 1 fully saturated rings. The number of carbonyl (C=O) groups excluding carboxylic acids is 1. The normalized spacial score (nSPS) is 16.3. The van der Waals surface area contributed by atoms with Gasteiger partial charge in [0.25, 0.3) is 5.91 Å². The molecule has 1 amide bonds. The fourth-order valence-corrected chi connectivity index (χ4v) is 3.20. The molecule has 0 aliphatic carbocycles. The van der Waals surface area contributed by atoms with E-state index in [9.17, 15) is 9.18 Å². The van der Waals surface area contributed by atoms with Gasteiger partial charge >= 0.3 is 0 Å². The van der Waals surface area contributed by atoms with Gasteiger partial charge in [-0.15, -0.1) is 0 Å². The van der Waals surface area contributed by atoms with Crippen molar-refractivity contribution in [2.45, 2.75) is 6.92 Å². The number of benzene rings is 2. The summed E-state index contributed by atoms with van der Waals surface area (Å²) in [6.45, 7) is 2.52. The number of amidine groups is 1. The number of halogens is 1. The summed E-state index contributed by atoms with van der Waals surface area (Å²) in [5.74, 6) is -0.0691. The molecule has 0 atom stereocenters. The Morgan fingerprint density at radius 2 is 1.91 bits per heavy atom. The Balaban J connectivity index is 1.92. The number of hydrogen-bond donors (Lipinski definition) is 0. The number of carbonyl (C=O) groups is 1. The SMILES string of the molecule is Cc1ccccc1N=C1SCCN1C(=O)c1ccccc1F. The van der Waals surface area contributed by atoms with E-state index in [1.807, 2.05) is 31.2 Å². The zero-order chi connectivity index (χ0) is 15.5. The van der Waals surface area contributed by atoms with Crippen LogP contribution in [0.25, 0.3) is 0 Å². The third kappa shape index (κ3) is 2.90. The van der Waals surface area contributed by atoms with Crippen molar-refractivity contribution in [1.82, 2.24) is 4.90 Å². The summed E-state index contributed by atoms with van der Waals surface area (Å²) >= 11 is 1.52. The van der Waals surface area contributed by atoms with Crippen molar-refractivity contribution in [3.8, 4) is 0 Å². The summed E-state index contributed by atoms with van der Waals surface area (Å²) in [5.41, 5.74) is 1.96. The number of rotatable bonds is 2. The van der Waals surface area contributed by atoms with Gasteiger partial charge in [-0.1, -0.05) is 42.1 Å². The first-order valence-corrected chi connectivity index (χ1v) is 7.99. The fourth-order valence-electron chi connectivity index (χ4n) is 2.25. The smallest absolute Gasteiger partial charge is 0.262 e. The van der Waals surface area contributed by atoms with Crippen LogP contribution in [0.1, 0.15) is 15.9 Å². The highest BCUT2D eigenvalue weighted by Crippen LogP contribution is 2.26. The van der Waals surface area contributed by atoms with Gasteiger partial charge in [0, 0.05) is 12.3 Å². The molecule has 1 aliphatic rings. The van der Waals surface area contributed by atoms with E-state index in [1.165, 1.54) is 23.9 Å². The molecule has 0 spiro atoms. The first kappa shape index (κ1) is 14.8. The van der Waals surface area contributed by atoms with Crippen LogP contribution in [0.5, 0.6) is 0 Å². The number of para-hydroxylation sites is 1. The highest BCUT2D eigenvalue weighted by molar-refractivity contribution is 8.14. The largest absolute Gasteiger partial charge is 0.286 e. The van der Waals surface area contributed by atoms with E-state index in [0.717, 1.165) is 17.0 Å². The van der Waals surface area contributed by atoms with Crippen molar-refractivity contribution in [3.63, 3.8) is 0 Å². The summed E-state index contributed by atoms with van der Waals surface area (Å²) in [7, 11) is 0. The summed E-state index contributed by atoms with van der Waals surface area (Å²) in [6, 6.07) is 13.8. The highest BCUT2D eigenvalue weighted by Gasteiger charge is 2.28. The van der Waals surface area contributed by atoms with E-state index in [4.69, 9.17) is 0 Å². The van der Waals surface area contributed by atoms with Gasteiger partial charge in [0.05, 0.1) is 11.3 Å². The zero-order valence-corrected chi connectivity index (χ0v) is 12.9. The Morgan fingerprint density at radius 3 is 2.68 bits per heavy atom. The highest BCUT2D eigenvalue weighted by atomic mass is 32.2. The predicted molar refractivity (Wildman–Crippen MR) is 88.2 cm³/mol. The van der Waals surface area contributed by atoms with Gasteiger partial charge in [-0.05, 0) is 30.7 Å². The lowest BCUT2D eigenvalue weighted by molar-refractivity contribution is 0.0855. The van der Waals surface area contributed by atoms with Gasteiger partial charge in [0.15, 0.2) is 5.17 Å². The van der Waals surface area contributed by atoms with Crippen LogP contribution in [0.15, 0.2) is 53.5 Å². The molecular formula is C17H15FN2OS. The Kier molecular flexibility index (Phi) is 4.24. The summed E-state index contributed by atoms with van der Waals surface area (Å²) in [6.07, 6.45) is 0. The van der Waals surface area contributed by atoms with Crippen molar-refractivity contribution in [3.05, 3.63) is 65.5 Å². The van der Waals surface area contributed by atoms with Gasteiger partial charge in [-0.2, -0.15) is 0 Å². The molecule has 3 nitrogen and oxygen atoms in total. The number of hydrogen-bond acceptors (Lipinski definition) is 3. The molecule has 2 aromatic carbocycles. The van der Waals surface area contributed by atoms with Crippen molar-refractivity contribution in [2.24, 2.45) is 4.99 Å². The van der Waals surface area contributed by atoms with Crippen LogP contribution in [0, 0.1) is 12.7 Å². The van der Waals surface area contributed by atoms with Crippen LogP contribution >= 0.6 is 11.8 Å². The predicted octanol–water partition coefficient (Wildman–Crippen LogP) is 4.01. The van der Waals surface area contributed by atoms with E-state index in [0.29, 0.717) is 11.7 Å². The van der Waals surface area contributed by atoms with Crippen LogP contribution in [0.4, 0.5) is 10.1 Å². The molecule has 22 heavy (non-hydrogen) atoms. The van der Waals surface area contributed by atoms with Crippen LogP contribution in [-0.4, -0.2) is 28.3 Å². The van der Waals surface area contributed by atoms with Crippen molar-refractivity contribution in [1.29, 1.82) is 0 Å². The van der Waals surface area contributed by atoms with Crippen molar-refractivity contribution in [2.75, 3.05) is 12.3 Å². The van der Waals surface area contributed by atoms with Gasteiger partial charge in [0.1, 0.15) is 5.82 Å². The van der Waals surface area contributed by atoms with Crippen LogP contribution in [0.2, 0.25) is 0 Å². The molecular weight excluding hydrogens is 299 g/mol. The third-order valence-corrected chi connectivity index (χ3v) is 4.41. The number of aryl methyl sites for hydroxylation is 1. The van der Waals surface area contributed by atoms with Crippen LogP contribution in [-0.2, 0) is 0 Å².